The van der Waals surface area contributed by atoms with Crippen molar-refractivity contribution in [3.05, 3.63) is 108 Å². The van der Waals surface area contributed by atoms with Crippen LogP contribution < -0.4 is 11.1 Å². The summed E-state index contributed by atoms with van der Waals surface area (Å²) in [6, 6.07) is 20.8. The fourth-order valence-electron chi connectivity index (χ4n) is 4.68. The SMILES string of the molecule is C[C@H](NC(=O)c1c(N)nn2ccccc12)c1oc2cccc(C#Cc3cnn(C)c3)c2c1-c1ccccc1. The van der Waals surface area contributed by atoms with Gasteiger partial charge in [0.15, 0.2) is 5.82 Å². The van der Waals surface area contributed by atoms with Crippen LogP contribution in [0.25, 0.3) is 27.6 Å². The van der Waals surface area contributed by atoms with Crippen molar-refractivity contribution in [3.63, 3.8) is 0 Å². The normalized spacial score (nSPS) is 11.8. The number of hydrogen-bond donors (Lipinski definition) is 2. The summed E-state index contributed by atoms with van der Waals surface area (Å²) in [4.78, 5) is 13.4. The average molecular weight is 501 g/mol. The third kappa shape index (κ3) is 4.06. The number of amides is 1. The molecule has 4 heterocycles. The summed E-state index contributed by atoms with van der Waals surface area (Å²) in [5.74, 6) is 6.96. The van der Waals surface area contributed by atoms with E-state index in [0.717, 1.165) is 27.6 Å². The molecule has 1 atom stereocenters. The van der Waals surface area contributed by atoms with Gasteiger partial charge in [0.25, 0.3) is 5.91 Å². The molecule has 186 valence electrons. The summed E-state index contributed by atoms with van der Waals surface area (Å²) >= 11 is 0. The molecule has 6 rings (SSSR count). The number of fused-ring (bicyclic) bond motifs is 2. The van der Waals surface area contributed by atoms with Gasteiger partial charge in [-0.3, -0.25) is 9.48 Å². The fraction of sp³-hybridized carbons (Fsp3) is 0.100. The zero-order chi connectivity index (χ0) is 26.2. The molecule has 2 aromatic carbocycles. The van der Waals surface area contributed by atoms with Crippen LogP contribution in [0.5, 0.6) is 0 Å². The zero-order valence-electron chi connectivity index (χ0n) is 20.8. The molecule has 0 unspecified atom stereocenters. The molecule has 0 aliphatic heterocycles. The first-order chi connectivity index (χ1) is 18.5. The minimum absolute atomic E-state index is 0.168. The summed E-state index contributed by atoms with van der Waals surface area (Å²) in [7, 11) is 1.86. The van der Waals surface area contributed by atoms with Gasteiger partial charge in [-0.05, 0) is 36.8 Å². The number of pyridine rings is 1. The summed E-state index contributed by atoms with van der Waals surface area (Å²) in [6.07, 6.45) is 5.36. The number of nitrogens with zero attached hydrogens (tertiary/aromatic N) is 4. The maximum absolute atomic E-state index is 13.4. The average Bonchev–Trinajstić information content (AvgIpc) is 3.62. The smallest absolute Gasteiger partial charge is 0.257 e. The highest BCUT2D eigenvalue weighted by molar-refractivity contribution is 6.05. The summed E-state index contributed by atoms with van der Waals surface area (Å²) < 4.78 is 9.71. The number of nitrogens with one attached hydrogen (secondary N) is 1. The monoisotopic (exact) mass is 500 g/mol. The van der Waals surface area contributed by atoms with Crippen LogP contribution in [0.15, 0.2) is 89.7 Å². The molecule has 0 aliphatic rings. The van der Waals surface area contributed by atoms with E-state index in [2.05, 4.69) is 27.4 Å². The van der Waals surface area contributed by atoms with Crippen LogP contribution in [-0.2, 0) is 7.05 Å². The standard InChI is InChI=1S/C30H24N6O2/c1-19(33-30(37)27-23-12-6-7-16-36(23)34-29(27)31)28-26(21-9-4-3-5-10-21)25-22(11-8-13-24(25)38-28)15-14-20-17-32-35(2)18-20/h3-13,16-19H,1-2H3,(H2,31,34)(H,33,37)/t19-/m0/s1. The molecule has 8 heteroatoms. The van der Waals surface area contributed by atoms with Gasteiger partial charge in [0.05, 0.1) is 23.3 Å². The fourth-order valence-corrected chi connectivity index (χ4v) is 4.68. The van der Waals surface area contributed by atoms with E-state index in [1.54, 1.807) is 21.6 Å². The Hall–Kier alpha value is -5.29. The van der Waals surface area contributed by atoms with Crippen LogP contribution in [0.2, 0.25) is 0 Å². The van der Waals surface area contributed by atoms with Crippen molar-refractivity contribution < 1.29 is 9.21 Å². The van der Waals surface area contributed by atoms with Gasteiger partial charge in [-0.25, -0.2) is 4.52 Å². The van der Waals surface area contributed by atoms with Crippen LogP contribution in [0.4, 0.5) is 5.82 Å². The van der Waals surface area contributed by atoms with Crippen molar-refractivity contribution in [1.29, 1.82) is 0 Å². The second-order valence-corrected chi connectivity index (χ2v) is 9.02. The molecule has 0 fully saturated rings. The zero-order valence-corrected chi connectivity index (χ0v) is 20.8. The molecular formula is C30H24N6O2. The Balaban J connectivity index is 1.45. The van der Waals surface area contributed by atoms with Crippen molar-refractivity contribution in [2.75, 3.05) is 5.73 Å². The number of anilines is 1. The van der Waals surface area contributed by atoms with Gasteiger partial charge in [-0.2, -0.15) is 5.10 Å². The maximum atomic E-state index is 13.4. The Morgan fingerprint density at radius 1 is 1.05 bits per heavy atom. The predicted molar refractivity (Wildman–Crippen MR) is 146 cm³/mol. The predicted octanol–water partition coefficient (Wildman–Crippen LogP) is 4.95. The molecule has 0 spiro atoms. The third-order valence-electron chi connectivity index (χ3n) is 6.39. The van der Waals surface area contributed by atoms with Crippen molar-refractivity contribution in [3.8, 4) is 23.0 Å². The molecule has 6 aromatic rings. The van der Waals surface area contributed by atoms with Gasteiger partial charge in [-0.15, -0.1) is 5.10 Å². The molecule has 8 nitrogen and oxygen atoms in total. The number of benzene rings is 2. The lowest BCUT2D eigenvalue weighted by molar-refractivity contribution is 0.0938. The quantitative estimate of drug-likeness (QED) is 0.333. The van der Waals surface area contributed by atoms with Crippen molar-refractivity contribution in [2.45, 2.75) is 13.0 Å². The van der Waals surface area contributed by atoms with E-state index >= 15 is 0 Å². The Morgan fingerprint density at radius 3 is 2.66 bits per heavy atom. The Labute approximate surface area is 218 Å². The molecule has 0 saturated carbocycles. The number of aromatic nitrogens is 4. The van der Waals surface area contributed by atoms with Gasteiger partial charge in [-0.1, -0.05) is 54.3 Å². The molecule has 3 N–H and O–H groups in total. The molecule has 1 amide bonds. The minimum Gasteiger partial charge on any atom is -0.458 e. The van der Waals surface area contributed by atoms with E-state index in [9.17, 15) is 4.79 Å². The van der Waals surface area contributed by atoms with Gasteiger partial charge in [0, 0.05) is 36.0 Å². The molecule has 0 saturated heterocycles. The molecule has 38 heavy (non-hydrogen) atoms. The molecule has 4 aromatic heterocycles. The van der Waals surface area contributed by atoms with Crippen molar-refractivity contribution >= 4 is 28.2 Å². The van der Waals surface area contributed by atoms with E-state index in [1.165, 1.54) is 0 Å². The van der Waals surface area contributed by atoms with E-state index in [4.69, 9.17) is 10.2 Å². The molecular weight excluding hydrogens is 476 g/mol. The number of carbonyl (C=O) groups is 1. The van der Waals surface area contributed by atoms with Crippen LogP contribution in [0.3, 0.4) is 0 Å². The second kappa shape index (κ2) is 9.30. The summed E-state index contributed by atoms with van der Waals surface area (Å²) in [5.41, 5.74) is 11.3. The van der Waals surface area contributed by atoms with Crippen LogP contribution in [0, 0.1) is 11.8 Å². The van der Waals surface area contributed by atoms with E-state index in [0.29, 0.717) is 22.4 Å². The Bertz CT molecular complexity index is 1870. The molecule has 0 radical (unpaired) electrons. The lowest BCUT2D eigenvalue weighted by atomic mass is 9.96. The largest absolute Gasteiger partial charge is 0.458 e. The van der Waals surface area contributed by atoms with Gasteiger partial charge in [0.2, 0.25) is 0 Å². The number of aryl methyl sites for hydroxylation is 1. The van der Waals surface area contributed by atoms with E-state index < -0.39 is 6.04 Å². The number of nitrogen functional groups attached to an aromatic ring is 1. The molecule has 0 bridgehead atoms. The topological polar surface area (TPSA) is 103 Å². The van der Waals surface area contributed by atoms with Crippen LogP contribution in [-0.4, -0.2) is 25.3 Å². The second-order valence-electron chi connectivity index (χ2n) is 9.02. The van der Waals surface area contributed by atoms with Crippen LogP contribution >= 0.6 is 0 Å². The van der Waals surface area contributed by atoms with Gasteiger partial charge < -0.3 is 15.5 Å². The number of hydrogen-bond acceptors (Lipinski definition) is 5. The lowest BCUT2D eigenvalue weighted by Gasteiger charge is -2.14. The highest BCUT2D eigenvalue weighted by Gasteiger charge is 2.26. The highest BCUT2D eigenvalue weighted by atomic mass is 16.3. The first kappa shape index (κ1) is 23.1. The maximum Gasteiger partial charge on any atom is 0.257 e. The summed E-state index contributed by atoms with van der Waals surface area (Å²) in [5, 5.41) is 12.4. The number of nitrogens with two attached hydrogens (primary N) is 1. The van der Waals surface area contributed by atoms with Crippen molar-refractivity contribution in [2.24, 2.45) is 7.05 Å². The summed E-state index contributed by atoms with van der Waals surface area (Å²) in [6.45, 7) is 1.89. The third-order valence-corrected chi connectivity index (χ3v) is 6.39. The highest BCUT2D eigenvalue weighted by Crippen LogP contribution is 2.39. The van der Waals surface area contributed by atoms with Gasteiger partial charge in [0.1, 0.15) is 16.9 Å². The number of furan rings is 1. The van der Waals surface area contributed by atoms with Crippen LogP contribution in [0.1, 0.15) is 40.2 Å². The van der Waals surface area contributed by atoms with Gasteiger partial charge >= 0.3 is 0 Å². The number of rotatable bonds is 4. The Morgan fingerprint density at radius 2 is 1.87 bits per heavy atom. The number of carbonyl (C=O) groups excluding carboxylic acids is 1. The van der Waals surface area contributed by atoms with E-state index in [1.807, 2.05) is 86.9 Å². The lowest BCUT2D eigenvalue weighted by Crippen LogP contribution is -2.27. The minimum atomic E-state index is -0.470. The van der Waals surface area contributed by atoms with E-state index in [-0.39, 0.29) is 11.7 Å². The first-order valence-corrected chi connectivity index (χ1v) is 12.1. The Kier molecular flexibility index (Phi) is 5.66. The molecule has 0 aliphatic carbocycles. The first-order valence-electron chi connectivity index (χ1n) is 12.1. The van der Waals surface area contributed by atoms with Crippen molar-refractivity contribution in [1.82, 2.24) is 24.7 Å².